The topological polar surface area (TPSA) is 71.5 Å². The average Bonchev–Trinajstić information content (AvgIpc) is 2.96. The van der Waals surface area contributed by atoms with Crippen molar-refractivity contribution in [1.82, 2.24) is 9.88 Å². The summed E-state index contributed by atoms with van der Waals surface area (Å²) in [6.07, 6.45) is 4.12. The van der Waals surface area contributed by atoms with E-state index in [9.17, 15) is 9.59 Å². The normalized spacial score (nSPS) is 25.8. The van der Waals surface area contributed by atoms with Gasteiger partial charge in [0.1, 0.15) is 11.9 Å². The van der Waals surface area contributed by atoms with E-state index < -0.39 is 0 Å². The summed E-state index contributed by atoms with van der Waals surface area (Å²) in [4.78, 5) is 30.3. The summed E-state index contributed by atoms with van der Waals surface area (Å²) in [5.74, 6) is 0.236. The van der Waals surface area contributed by atoms with E-state index in [2.05, 4.69) is 31.1 Å². The van der Waals surface area contributed by atoms with Gasteiger partial charge in [0, 0.05) is 23.6 Å². The number of esters is 1. The van der Waals surface area contributed by atoms with Gasteiger partial charge >= 0.3 is 5.97 Å². The molecule has 1 amide bonds. The Morgan fingerprint density at radius 3 is 2.95 bits per heavy atom. The molecular weight excluding hydrogens is 350 g/mol. The van der Waals surface area contributed by atoms with Crippen LogP contribution in [0.1, 0.15) is 19.3 Å². The third kappa shape index (κ3) is 3.47. The molecule has 2 atom stereocenters. The summed E-state index contributed by atoms with van der Waals surface area (Å²) in [7, 11) is 0. The maximum absolute atomic E-state index is 12.4. The predicted octanol–water partition coefficient (Wildman–Crippen LogP) is 1.81. The highest BCUT2D eigenvalue weighted by Gasteiger charge is 2.36. The van der Waals surface area contributed by atoms with E-state index in [1.807, 2.05) is 6.07 Å². The number of likely N-dealkylation sites (tertiary alicyclic amines) is 1. The lowest BCUT2D eigenvalue weighted by molar-refractivity contribution is -0.143. The third-order valence-electron chi connectivity index (χ3n) is 4.15. The predicted molar refractivity (Wildman–Crippen MR) is 84.2 cm³/mol. The van der Waals surface area contributed by atoms with Crippen LogP contribution in [0.15, 0.2) is 22.8 Å². The fourth-order valence-corrected chi connectivity index (χ4v) is 3.23. The fourth-order valence-electron chi connectivity index (χ4n) is 3.00. The van der Waals surface area contributed by atoms with Crippen molar-refractivity contribution in [2.75, 3.05) is 25.0 Å². The molecule has 0 aromatic carbocycles. The zero-order chi connectivity index (χ0) is 15.5. The van der Waals surface area contributed by atoms with Gasteiger partial charge in [-0.05, 0) is 47.4 Å². The number of halogens is 1. The minimum atomic E-state index is -0.179. The third-order valence-corrected chi connectivity index (χ3v) is 4.62. The fraction of sp³-hybridized carbons (Fsp3) is 0.533. The Hall–Kier alpha value is -1.47. The number of hydrogen-bond donors (Lipinski definition) is 1. The Labute approximate surface area is 137 Å². The number of aromatic nitrogens is 1. The van der Waals surface area contributed by atoms with Gasteiger partial charge in [0.15, 0.2) is 0 Å². The molecule has 0 aliphatic carbocycles. The molecule has 1 aromatic heterocycles. The Bertz CT molecular complexity index is 564. The number of rotatable bonds is 3. The monoisotopic (exact) mass is 367 g/mol. The maximum Gasteiger partial charge on any atom is 0.323 e. The first-order valence-corrected chi connectivity index (χ1v) is 8.26. The number of hydrogen-bond acceptors (Lipinski definition) is 5. The minimum absolute atomic E-state index is 0.0362. The van der Waals surface area contributed by atoms with Crippen molar-refractivity contribution in [2.24, 2.45) is 5.92 Å². The van der Waals surface area contributed by atoms with Crippen molar-refractivity contribution in [2.45, 2.75) is 25.3 Å². The molecule has 7 heteroatoms. The van der Waals surface area contributed by atoms with Crippen molar-refractivity contribution in [3.8, 4) is 0 Å². The van der Waals surface area contributed by atoms with E-state index in [4.69, 9.17) is 4.74 Å². The van der Waals surface area contributed by atoms with E-state index in [1.165, 1.54) is 0 Å². The van der Waals surface area contributed by atoms with Gasteiger partial charge in [0.25, 0.3) is 0 Å². The van der Waals surface area contributed by atoms with Gasteiger partial charge in [-0.25, -0.2) is 4.98 Å². The molecule has 0 radical (unpaired) electrons. The zero-order valence-electron chi connectivity index (χ0n) is 12.1. The van der Waals surface area contributed by atoms with Gasteiger partial charge < -0.3 is 10.1 Å². The quantitative estimate of drug-likeness (QED) is 0.824. The van der Waals surface area contributed by atoms with Crippen LogP contribution >= 0.6 is 15.9 Å². The summed E-state index contributed by atoms with van der Waals surface area (Å²) < 4.78 is 5.90. The molecule has 0 bridgehead atoms. The number of nitrogens with one attached hydrogen (secondary N) is 1. The first kappa shape index (κ1) is 15.4. The molecule has 3 heterocycles. The van der Waals surface area contributed by atoms with Crippen LogP contribution in [-0.4, -0.2) is 47.5 Å². The molecule has 2 aliphatic rings. The van der Waals surface area contributed by atoms with Gasteiger partial charge in [-0.1, -0.05) is 0 Å². The van der Waals surface area contributed by atoms with Crippen LogP contribution in [0.4, 0.5) is 5.82 Å². The van der Waals surface area contributed by atoms with E-state index >= 15 is 0 Å². The number of piperidine rings is 1. The molecule has 22 heavy (non-hydrogen) atoms. The Morgan fingerprint density at radius 2 is 2.27 bits per heavy atom. The second-order valence-electron chi connectivity index (χ2n) is 5.66. The molecule has 2 fully saturated rings. The summed E-state index contributed by atoms with van der Waals surface area (Å²) in [5, 5.41) is 2.85. The van der Waals surface area contributed by atoms with Crippen LogP contribution < -0.4 is 5.32 Å². The van der Waals surface area contributed by atoms with Crippen molar-refractivity contribution in [3.63, 3.8) is 0 Å². The minimum Gasteiger partial charge on any atom is -0.464 e. The van der Waals surface area contributed by atoms with Crippen LogP contribution in [0.2, 0.25) is 0 Å². The Morgan fingerprint density at radius 1 is 1.41 bits per heavy atom. The van der Waals surface area contributed by atoms with Crippen molar-refractivity contribution in [3.05, 3.63) is 22.8 Å². The highest BCUT2D eigenvalue weighted by atomic mass is 79.9. The van der Waals surface area contributed by atoms with Crippen LogP contribution in [0, 0.1) is 5.92 Å². The van der Waals surface area contributed by atoms with Gasteiger partial charge in [0.2, 0.25) is 5.91 Å². The summed E-state index contributed by atoms with van der Waals surface area (Å²) in [6.45, 7) is 1.93. The van der Waals surface area contributed by atoms with Gasteiger partial charge in [-0.15, -0.1) is 0 Å². The van der Waals surface area contributed by atoms with Crippen molar-refractivity contribution < 1.29 is 14.3 Å². The van der Waals surface area contributed by atoms with Gasteiger partial charge in [0.05, 0.1) is 12.5 Å². The van der Waals surface area contributed by atoms with Crippen LogP contribution in [0.5, 0.6) is 0 Å². The zero-order valence-corrected chi connectivity index (χ0v) is 13.7. The number of cyclic esters (lactones) is 1. The van der Waals surface area contributed by atoms with Gasteiger partial charge in [-0.2, -0.15) is 0 Å². The van der Waals surface area contributed by atoms with Crippen LogP contribution in [0.3, 0.4) is 0 Å². The number of carbonyl (C=O) groups is 2. The molecule has 2 saturated heterocycles. The second-order valence-corrected chi connectivity index (χ2v) is 6.57. The molecule has 0 spiro atoms. The summed E-state index contributed by atoms with van der Waals surface area (Å²) >= 11 is 3.31. The second kappa shape index (κ2) is 6.75. The SMILES string of the molecule is O=C(Nc1ccc(Br)cn1)C1CCCN(C2CCOC2=O)C1. The number of anilines is 1. The maximum atomic E-state index is 12.4. The van der Waals surface area contributed by atoms with E-state index in [1.54, 1.807) is 12.3 Å². The lowest BCUT2D eigenvalue weighted by Crippen LogP contribution is -2.47. The summed E-state index contributed by atoms with van der Waals surface area (Å²) in [6, 6.07) is 3.42. The average molecular weight is 368 g/mol. The first-order chi connectivity index (χ1) is 10.6. The smallest absolute Gasteiger partial charge is 0.323 e. The number of nitrogens with zero attached hydrogens (tertiary/aromatic N) is 2. The molecule has 118 valence electrons. The Kier molecular flexibility index (Phi) is 4.73. The molecule has 1 N–H and O–H groups in total. The molecule has 1 aromatic rings. The highest BCUT2D eigenvalue weighted by Crippen LogP contribution is 2.24. The van der Waals surface area contributed by atoms with E-state index in [-0.39, 0.29) is 23.8 Å². The van der Waals surface area contributed by atoms with E-state index in [0.29, 0.717) is 19.0 Å². The highest BCUT2D eigenvalue weighted by molar-refractivity contribution is 9.10. The van der Waals surface area contributed by atoms with Crippen LogP contribution in [0.25, 0.3) is 0 Å². The first-order valence-electron chi connectivity index (χ1n) is 7.46. The standard InChI is InChI=1S/C15H18BrN3O3/c16-11-3-4-13(17-8-11)18-14(20)10-2-1-6-19(9-10)12-5-7-22-15(12)21/h3-4,8,10,12H,1-2,5-7,9H2,(H,17,18,20). The molecule has 2 aliphatic heterocycles. The molecule has 2 unspecified atom stereocenters. The number of ether oxygens (including phenoxy) is 1. The Balaban J connectivity index is 1.60. The number of carbonyl (C=O) groups excluding carboxylic acids is 2. The van der Waals surface area contributed by atoms with E-state index in [0.717, 1.165) is 30.3 Å². The van der Waals surface area contributed by atoms with Crippen LogP contribution in [-0.2, 0) is 14.3 Å². The molecule has 6 nitrogen and oxygen atoms in total. The summed E-state index contributed by atoms with van der Waals surface area (Å²) in [5.41, 5.74) is 0. The van der Waals surface area contributed by atoms with Crippen molar-refractivity contribution >= 4 is 33.6 Å². The van der Waals surface area contributed by atoms with Crippen molar-refractivity contribution in [1.29, 1.82) is 0 Å². The van der Waals surface area contributed by atoms with Gasteiger partial charge in [-0.3, -0.25) is 14.5 Å². The molecule has 0 saturated carbocycles. The largest absolute Gasteiger partial charge is 0.464 e. The lowest BCUT2D eigenvalue weighted by atomic mass is 9.95. The lowest BCUT2D eigenvalue weighted by Gasteiger charge is -2.34. The number of amides is 1. The number of pyridine rings is 1. The molecule has 3 rings (SSSR count). The molecular formula is C15H18BrN3O3.